The Labute approximate surface area is 95.0 Å². The van der Waals surface area contributed by atoms with Gasteiger partial charge in [0.05, 0.1) is 11.1 Å². The summed E-state index contributed by atoms with van der Waals surface area (Å²) in [5.74, 6) is 1.09. The van der Waals surface area contributed by atoms with E-state index in [-0.39, 0.29) is 0 Å². The smallest absolute Gasteiger partial charge is 0.0852 e. The fraction of sp³-hybridized carbons (Fsp3) is 0.417. The van der Waals surface area contributed by atoms with Gasteiger partial charge in [0.2, 0.25) is 0 Å². The van der Waals surface area contributed by atoms with Crippen LogP contribution in [0.3, 0.4) is 0 Å². The molecule has 1 heterocycles. The minimum absolute atomic E-state index is 0.365. The molecule has 1 unspecified atom stereocenters. The Hall–Kier alpha value is -0.800. The van der Waals surface area contributed by atoms with E-state index in [2.05, 4.69) is 24.3 Å². The van der Waals surface area contributed by atoms with E-state index >= 15 is 0 Å². The monoisotopic (exact) mass is 220 g/mol. The average Bonchev–Trinajstić information content (AvgIpc) is 2.76. The van der Waals surface area contributed by atoms with Crippen molar-refractivity contribution in [3.05, 3.63) is 35.9 Å². The second-order valence-corrected chi connectivity index (χ2v) is 4.75. The van der Waals surface area contributed by atoms with Crippen LogP contribution in [-0.2, 0) is 0 Å². The van der Waals surface area contributed by atoms with E-state index in [4.69, 9.17) is 10.7 Å². The Morgan fingerprint density at radius 1 is 1.33 bits per heavy atom. The number of hydrogen-bond donors (Lipinski definition) is 1. The maximum Gasteiger partial charge on any atom is 0.0852 e. The van der Waals surface area contributed by atoms with Crippen LogP contribution in [0.2, 0.25) is 0 Å². The minimum atomic E-state index is 0.365. The third-order valence-electron chi connectivity index (χ3n) is 2.49. The number of aliphatic imine (C=N–C) groups is 1. The van der Waals surface area contributed by atoms with Crippen molar-refractivity contribution in [3.63, 3.8) is 0 Å². The zero-order valence-electron chi connectivity index (χ0n) is 8.73. The van der Waals surface area contributed by atoms with Crippen LogP contribution in [0.1, 0.15) is 24.4 Å². The Bertz CT molecular complexity index is 335. The van der Waals surface area contributed by atoms with Gasteiger partial charge < -0.3 is 5.73 Å². The molecule has 15 heavy (non-hydrogen) atoms. The van der Waals surface area contributed by atoms with Crippen LogP contribution in [0.5, 0.6) is 0 Å². The zero-order valence-corrected chi connectivity index (χ0v) is 9.54. The molecule has 0 amide bonds. The van der Waals surface area contributed by atoms with Crippen molar-refractivity contribution in [3.8, 4) is 0 Å². The Balaban J connectivity index is 1.99. The first-order valence-corrected chi connectivity index (χ1v) is 6.33. The minimum Gasteiger partial charge on any atom is -0.330 e. The number of rotatable bonds is 4. The van der Waals surface area contributed by atoms with Gasteiger partial charge in [-0.15, -0.1) is 11.8 Å². The summed E-state index contributed by atoms with van der Waals surface area (Å²) in [6.45, 7) is 0.760. The molecule has 2 rings (SSSR count). The molecule has 0 saturated carbocycles. The topological polar surface area (TPSA) is 38.4 Å². The van der Waals surface area contributed by atoms with Crippen molar-refractivity contribution in [2.24, 2.45) is 10.7 Å². The van der Waals surface area contributed by atoms with Crippen LogP contribution in [0.4, 0.5) is 0 Å². The van der Waals surface area contributed by atoms with Gasteiger partial charge in [0.1, 0.15) is 0 Å². The number of nitrogens with two attached hydrogens (primary N) is 1. The summed E-state index contributed by atoms with van der Waals surface area (Å²) < 4.78 is 0. The van der Waals surface area contributed by atoms with Crippen molar-refractivity contribution < 1.29 is 0 Å². The van der Waals surface area contributed by atoms with Crippen LogP contribution >= 0.6 is 11.8 Å². The van der Waals surface area contributed by atoms with Gasteiger partial charge in [0.15, 0.2) is 0 Å². The molecule has 2 nitrogen and oxygen atoms in total. The van der Waals surface area contributed by atoms with Crippen LogP contribution in [0.15, 0.2) is 35.3 Å². The van der Waals surface area contributed by atoms with Gasteiger partial charge in [-0.1, -0.05) is 30.3 Å². The quantitative estimate of drug-likeness (QED) is 0.847. The van der Waals surface area contributed by atoms with Crippen molar-refractivity contribution in [1.82, 2.24) is 0 Å². The summed E-state index contributed by atoms with van der Waals surface area (Å²) in [5, 5.41) is 1.27. The van der Waals surface area contributed by atoms with E-state index in [1.54, 1.807) is 0 Å². The van der Waals surface area contributed by atoms with Gasteiger partial charge in [-0.3, -0.25) is 4.99 Å². The van der Waals surface area contributed by atoms with Crippen LogP contribution < -0.4 is 5.73 Å². The number of nitrogens with zero attached hydrogens (tertiary/aromatic N) is 1. The highest BCUT2D eigenvalue weighted by atomic mass is 32.2. The predicted molar refractivity (Wildman–Crippen MR) is 67.4 cm³/mol. The van der Waals surface area contributed by atoms with E-state index < -0.39 is 0 Å². The van der Waals surface area contributed by atoms with Gasteiger partial charge in [0.25, 0.3) is 0 Å². The average molecular weight is 220 g/mol. The lowest BCUT2D eigenvalue weighted by atomic mass is 10.1. The van der Waals surface area contributed by atoms with Crippen molar-refractivity contribution in [2.75, 3.05) is 12.3 Å². The maximum atomic E-state index is 5.49. The molecule has 0 aliphatic carbocycles. The molecule has 0 saturated heterocycles. The normalized spacial score (nSPS) is 20.3. The van der Waals surface area contributed by atoms with Gasteiger partial charge in [-0.25, -0.2) is 0 Å². The molecule has 0 spiro atoms. The van der Waals surface area contributed by atoms with Crippen LogP contribution in [0, 0.1) is 0 Å². The zero-order chi connectivity index (χ0) is 10.5. The lowest BCUT2D eigenvalue weighted by Crippen LogP contribution is -2.00. The summed E-state index contributed by atoms with van der Waals surface area (Å²) in [7, 11) is 0. The Kier molecular flexibility index (Phi) is 3.80. The standard InChI is InChI=1S/C12H16N2S/c13-8-4-7-12-14-11(9-15-12)10-5-2-1-3-6-10/h1-3,5-6,11H,4,7-9,13H2. The van der Waals surface area contributed by atoms with Crippen LogP contribution in [-0.4, -0.2) is 17.3 Å². The molecule has 1 aromatic carbocycles. The van der Waals surface area contributed by atoms with Crippen molar-refractivity contribution in [2.45, 2.75) is 18.9 Å². The summed E-state index contributed by atoms with van der Waals surface area (Å²) in [5.41, 5.74) is 6.81. The largest absolute Gasteiger partial charge is 0.330 e. The number of benzene rings is 1. The number of hydrogen-bond acceptors (Lipinski definition) is 3. The molecule has 1 atom stereocenters. The van der Waals surface area contributed by atoms with Gasteiger partial charge in [0, 0.05) is 5.75 Å². The third kappa shape index (κ3) is 2.83. The molecular weight excluding hydrogens is 204 g/mol. The lowest BCUT2D eigenvalue weighted by molar-refractivity contribution is 0.833. The predicted octanol–water partition coefficient (Wildman–Crippen LogP) is 2.61. The first kappa shape index (κ1) is 10.7. The summed E-state index contributed by atoms with van der Waals surface area (Å²) >= 11 is 1.88. The molecule has 0 radical (unpaired) electrons. The number of thioether (sulfide) groups is 1. The van der Waals surface area contributed by atoms with E-state index in [0.717, 1.165) is 25.1 Å². The second kappa shape index (κ2) is 5.33. The van der Waals surface area contributed by atoms with Crippen molar-refractivity contribution >= 4 is 16.8 Å². The second-order valence-electron chi connectivity index (χ2n) is 3.65. The highest BCUT2D eigenvalue weighted by Crippen LogP contribution is 2.31. The molecule has 0 bridgehead atoms. The van der Waals surface area contributed by atoms with E-state index in [0.29, 0.717) is 6.04 Å². The van der Waals surface area contributed by atoms with Crippen molar-refractivity contribution in [1.29, 1.82) is 0 Å². The van der Waals surface area contributed by atoms with E-state index in [1.165, 1.54) is 10.6 Å². The first-order chi connectivity index (χ1) is 7.40. The molecule has 0 fully saturated rings. The molecule has 1 aliphatic rings. The van der Waals surface area contributed by atoms with E-state index in [9.17, 15) is 0 Å². The first-order valence-electron chi connectivity index (χ1n) is 5.34. The van der Waals surface area contributed by atoms with Gasteiger partial charge >= 0.3 is 0 Å². The Morgan fingerprint density at radius 3 is 2.87 bits per heavy atom. The van der Waals surface area contributed by atoms with E-state index in [1.807, 2.05) is 17.8 Å². The van der Waals surface area contributed by atoms with Gasteiger partial charge in [-0.05, 0) is 24.9 Å². The molecule has 80 valence electrons. The summed E-state index contributed by atoms with van der Waals surface area (Å²) in [6.07, 6.45) is 2.10. The SMILES string of the molecule is NCCCC1=NC(c2ccccc2)CS1. The molecule has 0 aromatic heterocycles. The highest BCUT2D eigenvalue weighted by Gasteiger charge is 2.18. The third-order valence-corrected chi connectivity index (χ3v) is 3.61. The summed E-state index contributed by atoms with van der Waals surface area (Å²) in [4.78, 5) is 4.72. The molecule has 1 aliphatic heterocycles. The van der Waals surface area contributed by atoms with Crippen LogP contribution in [0.25, 0.3) is 0 Å². The summed E-state index contributed by atoms with van der Waals surface area (Å²) in [6, 6.07) is 10.9. The molecule has 3 heteroatoms. The lowest BCUT2D eigenvalue weighted by Gasteiger charge is -2.04. The fourth-order valence-corrected chi connectivity index (χ4v) is 2.77. The highest BCUT2D eigenvalue weighted by molar-refractivity contribution is 8.14. The fourth-order valence-electron chi connectivity index (χ4n) is 1.66. The Morgan fingerprint density at radius 2 is 2.13 bits per heavy atom. The molecule has 1 aromatic rings. The maximum absolute atomic E-state index is 5.49. The van der Waals surface area contributed by atoms with Gasteiger partial charge in [-0.2, -0.15) is 0 Å². The molecular formula is C12H16N2S. The molecule has 2 N–H and O–H groups in total.